The van der Waals surface area contributed by atoms with Gasteiger partial charge in [0.2, 0.25) is 0 Å². The van der Waals surface area contributed by atoms with Gasteiger partial charge < -0.3 is 19.3 Å². The minimum absolute atomic E-state index is 0.0290. The molecule has 2 aromatic heterocycles. The van der Waals surface area contributed by atoms with E-state index in [9.17, 15) is 14.7 Å². The Hall–Kier alpha value is -2.86. The zero-order valence-corrected chi connectivity index (χ0v) is 13.1. The Bertz CT molecular complexity index is 909. The van der Waals surface area contributed by atoms with Gasteiger partial charge in [-0.2, -0.15) is 0 Å². The smallest absolute Gasteiger partial charge is 0.349 e. The van der Waals surface area contributed by atoms with Crippen molar-refractivity contribution in [1.29, 1.82) is 0 Å². The predicted molar refractivity (Wildman–Crippen MR) is 87.9 cm³/mol. The standard InChI is InChI=1S/C18H17NO5/c1-18(22,10-13-6-4-8-23-13)11-19-16(20)14-9-12-5-2-3-7-15(12)24-17(14)21/h2-9,22H,10-11H2,1H3,(H,19,20)/t18-/m1/s1. The molecule has 0 aliphatic carbocycles. The Morgan fingerprint density at radius 3 is 2.79 bits per heavy atom. The van der Waals surface area contributed by atoms with E-state index < -0.39 is 17.1 Å². The first-order chi connectivity index (χ1) is 11.4. The lowest BCUT2D eigenvalue weighted by Gasteiger charge is -2.22. The molecular weight excluding hydrogens is 310 g/mol. The van der Waals surface area contributed by atoms with Crippen LogP contribution in [0.1, 0.15) is 23.0 Å². The van der Waals surface area contributed by atoms with Crippen LogP contribution in [-0.2, 0) is 6.42 Å². The van der Waals surface area contributed by atoms with Crippen molar-refractivity contribution in [2.24, 2.45) is 0 Å². The second-order valence-electron chi connectivity index (χ2n) is 5.92. The third kappa shape index (κ3) is 3.55. The summed E-state index contributed by atoms with van der Waals surface area (Å²) < 4.78 is 10.3. The zero-order chi connectivity index (χ0) is 17.2. The van der Waals surface area contributed by atoms with Gasteiger partial charge in [0, 0.05) is 18.4 Å². The normalized spacial score (nSPS) is 13.6. The van der Waals surface area contributed by atoms with Gasteiger partial charge in [0.25, 0.3) is 5.91 Å². The quantitative estimate of drug-likeness (QED) is 0.700. The van der Waals surface area contributed by atoms with E-state index in [2.05, 4.69) is 5.32 Å². The summed E-state index contributed by atoms with van der Waals surface area (Å²) in [7, 11) is 0. The maximum absolute atomic E-state index is 12.3. The molecule has 0 fully saturated rings. The summed E-state index contributed by atoms with van der Waals surface area (Å²) in [5.74, 6) is 0.0219. The Morgan fingerprint density at radius 2 is 2.04 bits per heavy atom. The van der Waals surface area contributed by atoms with E-state index in [0.717, 1.165) is 0 Å². The lowest BCUT2D eigenvalue weighted by molar-refractivity contribution is 0.0509. The summed E-state index contributed by atoms with van der Waals surface area (Å²) >= 11 is 0. The highest BCUT2D eigenvalue weighted by atomic mass is 16.4. The SMILES string of the molecule is C[C@](O)(CNC(=O)c1cc2ccccc2oc1=O)Cc1ccco1. The molecule has 0 aliphatic rings. The molecule has 24 heavy (non-hydrogen) atoms. The van der Waals surface area contributed by atoms with Crippen molar-refractivity contribution < 1.29 is 18.7 Å². The van der Waals surface area contributed by atoms with Gasteiger partial charge in [-0.3, -0.25) is 4.79 Å². The Labute approximate surface area is 137 Å². The summed E-state index contributed by atoms with van der Waals surface area (Å²) in [4.78, 5) is 24.2. The third-order valence-corrected chi connectivity index (χ3v) is 3.65. The van der Waals surface area contributed by atoms with Crippen LogP contribution in [0.3, 0.4) is 0 Å². The molecule has 0 bridgehead atoms. The van der Waals surface area contributed by atoms with Crippen LogP contribution in [0.4, 0.5) is 0 Å². The number of hydrogen-bond donors (Lipinski definition) is 2. The summed E-state index contributed by atoms with van der Waals surface area (Å²) in [5.41, 5.74) is -1.59. The maximum Gasteiger partial charge on any atom is 0.349 e. The average Bonchev–Trinajstić information content (AvgIpc) is 3.04. The second kappa shape index (κ2) is 6.33. The van der Waals surface area contributed by atoms with Crippen LogP contribution in [0, 0.1) is 0 Å². The highest BCUT2D eigenvalue weighted by Crippen LogP contribution is 2.14. The van der Waals surface area contributed by atoms with E-state index in [4.69, 9.17) is 8.83 Å². The fraction of sp³-hybridized carbons (Fsp3) is 0.222. The second-order valence-corrected chi connectivity index (χ2v) is 5.92. The molecule has 2 N–H and O–H groups in total. The number of hydrogen-bond acceptors (Lipinski definition) is 5. The molecule has 1 aromatic carbocycles. The number of carbonyl (C=O) groups is 1. The van der Waals surface area contributed by atoms with Crippen molar-refractivity contribution in [2.45, 2.75) is 18.9 Å². The molecule has 0 radical (unpaired) electrons. The number of amides is 1. The molecule has 124 valence electrons. The highest BCUT2D eigenvalue weighted by molar-refractivity contribution is 5.96. The van der Waals surface area contributed by atoms with Crippen LogP contribution in [0.15, 0.2) is 62.4 Å². The topological polar surface area (TPSA) is 92.7 Å². The fourth-order valence-corrected chi connectivity index (χ4v) is 2.44. The molecule has 3 rings (SSSR count). The van der Waals surface area contributed by atoms with Gasteiger partial charge in [-0.05, 0) is 31.2 Å². The average molecular weight is 327 g/mol. The highest BCUT2D eigenvalue weighted by Gasteiger charge is 2.24. The van der Waals surface area contributed by atoms with Crippen LogP contribution in [-0.4, -0.2) is 23.2 Å². The van der Waals surface area contributed by atoms with E-state index in [-0.39, 0.29) is 18.5 Å². The van der Waals surface area contributed by atoms with Crippen LogP contribution in [0.25, 0.3) is 11.0 Å². The van der Waals surface area contributed by atoms with E-state index in [1.54, 1.807) is 43.3 Å². The van der Waals surface area contributed by atoms with Crippen molar-refractivity contribution >= 4 is 16.9 Å². The lowest BCUT2D eigenvalue weighted by atomic mass is 10.0. The molecule has 0 saturated carbocycles. The molecule has 0 unspecified atom stereocenters. The van der Waals surface area contributed by atoms with Crippen LogP contribution in [0.2, 0.25) is 0 Å². The van der Waals surface area contributed by atoms with Crippen molar-refractivity contribution in [1.82, 2.24) is 5.32 Å². The number of aliphatic hydroxyl groups is 1. The minimum Gasteiger partial charge on any atom is -0.469 e. The van der Waals surface area contributed by atoms with Crippen molar-refractivity contribution in [3.8, 4) is 0 Å². The number of fused-ring (bicyclic) bond motifs is 1. The number of para-hydroxylation sites is 1. The number of rotatable bonds is 5. The van der Waals surface area contributed by atoms with E-state index >= 15 is 0 Å². The van der Waals surface area contributed by atoms with Crippen molar-refractivity contribution in [3.63, 3.8) is 0 Å². The monoisotopic (exact) mass is 327 g/mol. The largest absolute Gasteiger partial charge is 0.469 e. The molecular formula is C18H17NO5. The van der Waals surface area contributed by atoms with Crippen LogP contribution < -0.4 is 10.9 Å². The molecule has 1 atom stereocenters. The van der Waals surface area contributed by atoms with Gasteiger partial charge in [-0.1, -0.05) is 18.2 Å². The summed E-state index contributed by atoms with van der Waals surface area (Å²) in [6, 6.07) is 11.9. The summed E-state index contributed by atoms with van der Waals surface area (Å²) in [6.45, 7) is 1.55. The molecule has 6 heteroatoms. The van der Waals surface area contributed by atoms with E-state index in [0.29, 0.717) is 16.7 Å². The molecule has 0 aliphatic heterocycles. The molecule has 0 spiro atoms. The van der Waals surface area contributed by atoms with Gasteiger partial charge in [-0.25, -0.2) is 4.79 Å². The van der Waals surface area contributed by atoms with Gasteiger partial charge in [-0.15, -0.1) is 0 Å². The van der Waals surface area contributed by atoms with Crippen molar-refractivity contribution in [2.75, 3.05) is 6.54 Å². The molecule has 3 aromatic rings. The van der Waals surface area contributed by atoms with Crippen LogP contribution in [0.5, 0.6) is 0 Å². The number of benzene rings is 1. The first-order valence-electron chi connectivity index (χ1n) is 7.50. The number of furan rings is 1. The van der Waals surface area contributed by atoms with E-state index in [1.165, 1.54) is 12.3 Å². The lowest BCUT2D eigenvalue weighted by Crippen LogP contribution is -2.43. The summed E-state index contributed by atoms with van der Waals surface area (Å²) in [6.07, 6.45) is 1.76. The van der Waals surface area contributed by atoms with Gasteiger partial charge in [0.15, 0.2) is 0 Å². The van der Waals surface area contributed by atoms with Gasteiger partial charge in [0.1, 0.15) is 16.9 Å². The Kier molecular flexibility index (Phi) is 4.22. The Balaban J connectivity index is 1.73. The first kappa shape index (κ1) is 16.0. The van der Waals surface area contributed by atoms with Gasteiger partial charge >= 0.3 is 5.63 Å². The van der Waals surface area contributed by atoms with E-state index in [1.807, 2.05) is 0 Å². The molecule has 1 amide bonds. The third-order valence-electron chi connectivity index (χ3n) is 3.65. The summed E-state index contributed by atoms with van der Waals surface area (Å²) in [5, 5.41) is 13.6. The number of nitrogens with one attached hydrogen (secondary N) is 1. The first-order valence-corrected chi connectivity index (χ1v) is 7.50. The van der Waals surface area contributed by atoms with Crippen LogP contribution >= 0.6 is 0 Å². The fourth-order valence-electron chi connectivity index (χ4n) is 2.44. The minimum atomic E-state index is -1.20. The van der Waals surface area contributed by atoms with Gasteiger partial charge in [0.05, 0.1) is 11.9 Å². The molecule has 6 nitrogen and oxygen atoms in total. The predicted octanol–water partition coefficient (Wildman–Crippen LogP) is 2.11. The Morgan fingerprint density at radius 1 is 1.25 bits per heavy atom. The molecule has 2 heterocycles. The number of carbonyl (C=O) groups excluding carboxylic acids is 1. The van der Waals surface area contributed by atoms with Crippen molar-refractivity contribution in [3.05, 3.63) is 70.5 Å². The molecule has 0 saturated heterocycles. The maximum atomic E-state index is 12.3. The zero-order valence-electron chi connectivity index (χ0n) is 13.1.